The molecule has 1 aliphatic heterocycles. The van der Waals surface area contributed by atoms with Crippen LogP contribution in [0.2, 0.25) is 0 Å². The predicted molar refractivity (Wildman–Crippen MR) is 86.5 cm³/mol. The van der Waals surface area contributed by atoms with E-state index in [1.54, 1.807) is 30.5 Å². The number of furan rings is 1. The second-order valence-corrected chi connectivity index (χ2v) is 5.37. The highest BCUT2D eigenvalue weighted by atomic mass is 16.5. The van der Waals surface area contributed by atoms with Crippen molar-refractivity contribution in [2.45, 2.75) is 6.54 Å². The topological polar surface area (TPSA) is 70.8 Å². The fourth-order valence-electron chi connectivity index (χ4n) is 2.37. The van der Waals surface area contributed by atoms with Gasteiger partial charge < -0.3 is 24.3 Å². The van der Waals surface area contributed by atoms with Crippen LogP contribution in [0.3, 0.4) is 0 Å². The summed E-state index contributed by atoms with van der Waals surface area (Å²) in [4.78, 5) is 20.3. The van der Waals surface area contributed by atoms with Crippen molar-refractivity contribution in [3.05, 3.63) is 42.5 Å². The predicted octanol–water partition coefficient (Wildman–Crippen LogP) is 2.18. The number of urea groups is 1. The van der Waals surface area contributed by atoms with E-state index in [1.807, 2.05) is 18.2 Å². The third kappa shape index (κ3) is 4.01. The molecule has 0 bridgehead atoms. The van der Waals surface area contributed by atoms with Crippen LogP contribution < -0.4 is 10.2 Å². The Kier molecular flexibility index (Phi) is 4.77. The molecule has 122 valence electrons. The van der Waals surface area contributed by atoms with E-state index < -0.39 is 0 Å². The molecule has 1 fully saturated rings. The van der Waals surface area contributed by atoms with Crippen LogP contribution in [0.4, 0.5) is 16.3 Å². The molecule has 0 aliphatic carbocycles. The number of amides is 2. The van der Waals surface area contributed by atoms with Gasteiger partial charge in [0.15, 0.2) is 0 Å². The van der Waals surface area contributed by atoms with E-state index in [0.29, 0.717) is 12.2 Å². The van der Waals surface area contributed by atoms with Gasteiger partial charge in [0.05, 0.1) is 37.9 Å². The molecule has 2 amide bonds. The number of morpholine rings is 1. The van der Waals surface area contributed by atoms with Gasteiger partial charge in [-0.2, -0.15) is 0 Å². The molecule has 23 heavy (non-hydrogen) atoms. The molecule has 2 aromatic rings. The number of aromatic nitrogens is 1. The van der Waals surface area contributed by atoms with Crippen molar-refractivity contribution in [1.82, 2.24) is 9.88 Å². The van der Waals surface area contributed by atoms with E-state index in [2.05, 4.69) is 15.2 Å². The highest BCUT2D eigenvalue weighted by Gasteiger charge is 2.14. The fourth-order valence-corrected chi connectivity index (χ4v) is 2.37. The van der Waals surface area contributed by atoms with Crippen LogP contribution in [0, 0.1) is 0 Å². The third-order valence-electron chi connectivity index (χ3n) is 3.65. The Hall–Kier alpha value is -2.54. The Balaban J connectivity index is 1.55. The van der Waals surface area contributed by atoms with Gasteiger partial charge in [-0.1, -0.05) is 0 Å². The summed E-state index contributed by atoms with van der Waals surface area (Å²) in [5.74, 6) is 1.64. The number of hydrogen-bond donors (Lipinski definition) is 1. The fraction of sp³-hybridized carbons (Fsp3) is 0.375. The quantitative estimate of drug-likeness (QED) is 0.936. The van der Waals surface area contributed by atoms with Gasteiger partial charge in [-0.15, -0.1) is 0 Å². The Labute approximate surface area is 134 Å². The smallest absolute Gasteiger partial charge is 0.322 e. The van der Waals surface area contributed by atoms with Crippen molar-refractivity contribution in [1.29, 1.82) is 0 Å². The molecule has 1 N–H and O–H groups in total. The lowest BCUT2D eigenvalue weighted by atomic mass is 10.3. The largest absolute Gasteiger partial charge is 0.467 e. The number of pyridine rings is 1. The second kappa shape index (κ2) is 7.15. The highest BCUT2D eigenvalue weighted by molar-refractivity contribution is 5.89. The lowest BCUT2D eigenvalue weighted by Gasteiger charge is -2.27. The van der Waals surface area contributed by atoms with E-state index in [0.717, 1.165) is 37.9 Å². The highest BCUT2D eigenvalue weighted by Crippen LogP contribution is 2.16. The van der Waals surface area contributed by atoms with Gasteiger partial charge in [0.25, 0.3) is 0 Å². The van der Waals surface area contributed by atoms with Crippen LogP contribution in [-0.2, 0) is 11.3 Å². The molecule has 3 rings (SSSR count). The molecule has 2 aromatic heterocycles. The maximum atomic E-state index is 12.1. The van der Waals surface area contributed by atoms with E-state index in [1.165, 1.54) is 0 Å². The molecule has 1 saturated heterocycles. The number of nitrogens with one attached hydrogen (secondary N) is 1. The minimum absolute atomic E-state index is 0.206. The molecule has 0 atom stereocenters. The van der Waals surface area contributed by atoms with E-state index >= 15 is 0 Å². The number of rotatable bonds is 4. The Morgan fingerprint density at radius 1 is 1.35 bits per heavy atom. The Morgan fingerprint density at radius 3 is 2.83 bits per heavy atom. The van der Waals surface area contributed by atoms with Gasteiger partial charge in [-0.3, -0.25) is 0 Å². The molecule has 3 heterocycles. The van der Waals surface area contributed by atoms with Crippen LogP contribution in [-0.4, -0.2) is 49.3 Å². The summed E-state index contributed by atoms with van der Waals surface area (Å²) in [6, 6.07) is 7.20. The molecule has 0 saturated carbocycles. The number of carbonyl (C=O) groups excluding carboxylic acids is 1. The molecule has 0 radical (unpaired) electrons. The first-order valence-corrected chi connectivity index (χ1v) is 7.55. The standard InChI is InChI=1S/C16H20N4O3/c1-19(12-14-3-2-8-23-14)16(21)18-13-4-5-15(17-11-13)20-6-9-22-10-7-20/h2-5,8,11H,6-7,9-10,12H2,1H3,(H,18,21). The average molecular weight is 316 g/mol. The van der Waals surface area contributed by atoms with Crippen molar-refractivity contribution < 1.29 is 13.9 Å². The maximum Gasteiger partial charge on any atom is 0.322 e. The third-order valence-corrected chi connectivity index (χ3v) is 3.65. The molecular formula is C16H20N4O3. The molecule has 0 spiro atoms. The first kappa shape index (κ1) is 15.4. The summed E-state index contributed by atoms with van der Waals surface area (Å²) in [6.45, 7) is 3.53. The van der Waals surface area contributed by atoms with Crippen molar-refractivity contribution in [2.75, 3.05) is 43.6 Å². The zero-order chi connectivity index (χ0) is 16.1. The summed E-state index contributed by atoms with van der Waals surface area (Å²) in [7, 11) is 1.72. The molecule has 1 aliphatic rings. The summed E-state index contributed by atoms with van der Waals surface area (Å²) in [5, 5.41) is 2.82. The molecule has 7 heteroatoms. The summed E-state index contributed by atoms with van der Waals surface area (Å²) < 4.78 is 10.6. The van der Waals surface area contributed by atoms with Crippen LogP contribution in [0.25, 0.3) is 0 Å². The van der Waals surface area contributed by atoms with Gasteiger partial charge >= 0.3 is 6.03 Å². The molecular weight excluding hydrogens is 296 g/mol. The molecule has 7 nitrogen and oxygen atoms in total. The summed E-state index contributed by atoms with van der Waals surface area (Å²) >= 11 is 0. The van der Waals surface area contributed by atoms with Crippen molar-refractivity contribution in [3.8, 4) is 0 Å². The number of ether oxygens (including phenoxy) is 1. The van der Waals surface area contributed by atoms with Crippen LogP contribution in [0.1, 0.15) is 5.76 Å². The Bertz CT molecular complexity index is 621. The lowest BCUT2D eigenvalue weighted by molar-refractivity contribution is 0.122. The van der Waals surface area contributed by atoms with Gasteiger partial charge in [0, 0.05) is 20.1 Å². The van der Waals surface area contributed by atoms with Crippen LogP contribution >= 0.6 is 0 Å². The minimum Gasteiger partial charge on any atom is -0.467 e. The SMILES string of the molecule is CN(Cc1ccco1)C(=O)Nc1ccc(N2CCOCC2)nc1. The first-order valence-electron chi connectivity index (χ1n) is 7.55. The van der Waals surface area contributed by atoms with E-state index in [4.69, 9.17) is 9.15 Å². The number of anilines is 2. The second-order valence-electron chi connectivity index (χ2n) is 5.37. The van der Waals surface area contributed by atoms with Gasteiger partial charge in [-0.25, -0.2) is 9.78 Å². The Morgan fingerprint density at radius 2 is 2.17 bits per heavy atom. The van der Waals surface area contributed by atoms with E-state index in [-0.39, 0.29) is 6.03 Å². The number of carbonyl (C=O) groups is 1. The minimum atomic E-state index is -0.206. The van der Waals surface area contributed by atoms with Crippen LogP contribution in [0.5, 0.6) is 0 Å². The van der Waals surface area contributed by atoms with Crippen molar-refractivity contribution >= 4 is 17.5 Å². The van der Waals surface area contributed by atoms with Crippen molar-refractivity contribution in [2.24, 2.45) is 0 Å². The van der Waals surface area contributed by atoms with Crippen molar-refractivity contribution in [3.63, 3.8) is 0 Å². The number of nitrogens with zero attached hydrogens (tertiary/aromatic N) is 3. The average Bonchev–Trinajstić information content (AvgIpc) is 3.09. The summed E-state index contributed by atoms with van der Waals surface area (Å²) in [6.07, 6.45) is 3.26. The lowest BCUT2D eigenvalue weighted by Crippen LogP contribution is -2.36. The summed E-state index contributed by atoms with van der Waals surface area (Å²) in [5.41, 5.74) is 0.665. The molecule has 0 unspecified atom stereocenters. The first-order chi connectivity index (χ1) is 11.2. The normalized spacial score (nSPS) is 14.6. The van der Waals surface area contributed by atoms with Gasteiger partial charge in [0.1, 0.15) is 11.6 Å². The van der Waals surface area contributed by atoms with Crippen LogP contribution in [0.15, 0.2) is 41.1 Å². The van der Waals surface area contributed by atoms with E-state index in [9.17, 15) is 4.79 Å². The zero-order valence-corrected chi connectivity index (χ0v) is 13.1. The monoisotopic (exact) mass is 316 g/mol. The zero-order valence-electron chi connectivity index (χ0n) is 13.1. The molecule has 0 aromatic carbocycles. The van der Waals surface area contributed by atoms with Gasteiger partial charge in [-0.05, 0) is 24.3 Å². The number of hydrogen-bond acceptors (Lipinski definition) is 5. The van der Waals surface area contributed by atoms with Gasteiger partial charge in [0.2, 0.25) is 0 Å². The maximum absolute atomic E-state index is 12.1.